The van der Waals surface area contributed by atoms with Gasteiger partial charge in [0.05, 0.1) is 24.7 Å². The molecule has 2 amide bonds. The molecule has 5 heteroatoms. The minimum atomic E-state index is -0.719. The van der Waals surface area contributed by atoms with Crippen molar-refractivity contribution in [1.82, 2.24) is 10.2 Å². The summed E-state index contributed by atoms with van der Waals surface area (Å²) in [6.45, 7) is 5.21. The SMILES string of the molecule is CC(O)CN1C(=O)CNC(C)(C)C1=O. The van der Waals surface area contributed by atoms with Gasteiger partial charge in [-0.25, -0.2) is 0 Å². The molecule has 5 nitrogen and oxygen atoms in total. The van der Waals surface area contributed by atoms with Crippen LogP contribution < -0.4 is 5.32 Å². The fourth-order valence-corrected chi connectivity index (χ4v) is 1.37. The maximum atomic E-state index is 11.7. The molecule has 1 fully saturated rings. The molecule has 0 aromatic heterocycles. The van der Waals surface area contributed by atoms with Gasteiger partial charge in [0, 0.05) is 0 Å². The van der Waals surface area contributed by atoms with Crippen LogP contribution in [0.5, 0.6) is 0 Å². The van der Waals surface area contributed by atoms with Crippen LogP contribution in [-0.2, 0) is 9.59 Å². The lowest BCUT2D eigenvalue weighted by Crippen LogP contribution is -2.64. The van der Waals surface area contributed by atoms with Gasteiger partial charge in [0.1, 0.15) is 0 Å². The zero-order valence-electron chi connectivity index (χ0n) is 8.70. The van der Waals surface area contributed by atoms with E-state index in [1.54, 1.807) is 20.8 Å². The highest BCUT2D eigenvalue weighted by molar-refractivity contribution is 6.03. The van der Waals surface area contributed by atoms with Crippen molar-refractivity contribution in [2.75, 3.05) is 13.1 Å². The normalized spacial score (nSPS) is 23.9. The van der Waals surface area contributed by atoms with Crippen LogP contribution >= 0.6 is 0 Å². The Labute approximate surface area is 83.1 Å². The second-order valence-corrected chi connectivity index (χ2v) is 4.14. The molecular weight excluding hydrogens is 184 g/mol. The van der Waals surface area contributed by atoms with Crippen molar-refractivity contribution in [2.24, 2.45) is 0 Å². The highest BCUT2D eigenvalue weighted by Crippen LogP contribution is 2.13. The Morgan fingerprint density at radius 3 is 2.64 bits per heavy atom. The number of nitrogens with zero attached hydrogens (tertiary/aromatic N) is 1. The minimum Gasteiger partial charge on any atom is -0.392 e. The van der Waals surface area contributed by atoms with E-state index in [0.29, 0.717) is 0 Å². The molecule has 0 bridgehead atoms. The molecular formula is C9H16N2O3. The number of hydrogen-bond acceptors (Lipinski definition) is 4. The predicted molar refractivity (Wildman–Crippen MR) is 50.5 cm³/mol. The van der Waals surface area contributed by atoms with Crippen LogP contribution in [0.25, 0.3) is 0 Å². The molecule has 1 unspecified atom stereocenters. The topological polar surface area (TPSA) is 69.6 Å². The van der Waals surface area contributed by atoms with Crippen LogP contribution in [-0.4, -0.2) is 46.6 Å². The van der Waals surface area contributed by atoms with Crippen LogP contribution in [0.15, 0.2) is 0 Å². The van der Waals surface area contributed by atoms with Crippen LogP contribution in [0, 0.1) is 0 Å². The van der Waals surface area contributed by atoms with Crippen molar-refractivity contribution in [3.63, 3.8) is 0 Å². The van der Waals surface area contributed by atoms with E-state index in [1.807, 2.05) is 0 Å². The number of carbonyl (C=O) groups excluding carboxylic acids is 2. The summed E-state index contributed by atoms with van der Waals surface area (Å²) in [5.74, 6) is -0.565. The Hall–Kier alpha value is -0.940. The first kappa shape index (κ1) is 11.1. The molecule has 0 aromatic rings. The molecule has 80 valence electrons. The number of carbonyl (C=O) groups is 2. The lowest BCUT2D eigenvalue weighted by molar-refractivity contribution is -0.154. The summed E-state index contributed by atoms with van der Waals surface area (Å²) in [7, 11) is 0. The molecule has 14 heavy (non-hydrogen) atoms. The molecule has 1 aliphatic rings. The zero-order valence-corrected chi connectivity index (χ0v) is 8.70. The zero-order chi connectivity index (χ0) is 10.9. The monoisotopic (exact) mass is 200 g/mol. The van der Waals surface area contributed by atoms with E-state index in [9.17, 15) is 9.59 Å². The summed E-state index contributed by atoms with van der Waals surface area (Å²) >= 11 is 0. The molecule has 1 rings (SSSR count). The first-order valence-corrected chi connectivity index (χ1v) is 4.62. The van der Waals surface area contributed by atoms with E-state index in [0.717, 1.165) is 4.90 Å². The number of rotatable bonds is 2. The molecule has 1 atom stereocenters. The Bertz CT molecular complexity index is 261. The molecule has 2 N–H and O–H groups in total. The predicted octanol–water partition coefficient (Wildman–Crippen LogP) is -0.896. The third-order valence-electron chi connectivity index (χ3n) is 2.21. The fraction of sp³-hybridized carbons (Fsp3) is 0.778. The van der Waals surface area contributed by atoms with Crippen molar-refractivity contribution >= 4 is 11.8 Å². The van der Waals surface area contributed by atoms with Gasteiger partial charge in [0.15, 0.2) is 0 Å². The Morgan fingerprint density at radius 2 is 2.14 bits per heavy atom. The van der Waals surface area contributed by atoms with Gasteiger partial charge in [-0.15, -0.1) is 0 Å². The van der Waals surface area contributed by atoms with Gasteiger partial charge in [-0.2, -0.15) is 0 Å². The van der Waals surface area contributed by atoms with Crippen LogP contribution in [0.3, 0.4) is 0 Å². The average Bonchev–Trinajstić information content (AvgIpc) is 2.06. The van der Waals surface area contributed by atoms with Crippen molar-refractivity contribution < 1.29 is 14.7 Å². The number of aliphatic hydroxyl groups is 1. The highest BCUT2D eigenvalue weighted by atomic mass is 16.3. The molecule has 0 spiro atoms. The molecule has 0 saturated carbocycles. The van der Waals surface area contributed by atoms with Crippen molar-refractivity contribution in [3.8, 4) is 0 Å². The smallest absolute Gasteiger partial charge is 0.249 e. The van der Waals surface area contributed by atoms with E-state index >= 15 is 0 Å². The number of imide groups is 1. The van der Waals surface area contributed by atoms with Crippen LogP contribution in [0.2, 0.25) is 0 Å². The molecule has 0 radical (unpaired) electrons. The van der Waals surface area contributed by atoms with Crippen molar-refractivity contribution in [3.05, 3.63) is 0 Å². The average molecular weight is 200 g/mol. The number of piperazine rings is 1. The van der Waals surface area contributed by atoms with Crippen molar-refractivity contribution in [2.45, 2.75) is 32.4 Å². The second kappa shape index (κ2) is 3.67. The summed E-state index contributed by atoms with van der Waals surface area (Å²) in [5, 5.41) is 12.0. The Kier molecular flexibility index (Phi) is 2.92. The maximum Gasteiger partial charge on any atom is 0.249 e. The van der Waals surface area contributed by atoms with E-state index in [-0.39, 0.29) is 24.9 Å². The number of nitrogens with one attached hydrogen (secondary N) is 1. The van der Waals surface area contributed by atoms with E-state index < -0.39 is 11.6 Å². The maximum absolute atomic E-state index is 11.7. The Morgan fingerprint density at radius 1 is 1.57 bits per heavy atom. The van der Waals surface area contributed by atoms with Gasteiger partial charge in [0.2, 0.25) is 11.8 Å². The van der Waals surface area contributed by atoms with Gasteiger partial charge in [-0.1, -0.05) is 0 Å². The van der Waals surface area contributed by atoms with Gasteiger partial charge in [-0.05, 0) is 20.8 Å². The van der Waals surface area contributed by atoms with E-state index in [2.05, 4.69) is 5.32 Å². The van der Waals surface area contributed by atoms with Gasteiger partial charge >= 0.3 is 0 Å². The number of amides is 2. The van der Waals surface area contributed by atoms with Gasteiger partial charge in [-0.3, -0.25) is 19.8 Å². The summed E-state index contributed by atoms with van der Waals surface area (Å²) in [5.41, 5.74) is -0.719. The first-order valence-electron chi connectivity index (χ1n) is 4.62. The number of β-amino-alcohol motifs (C(OH)–C–C–N with tert-alkyl or cyclic N) is 1. The molecule has 1 heterocycles. The summed E-state index contributed by atoms with van der Waals surface area (Å²) < 4.78 is 0. The molecule has 1 aliphatic heterocycles. The second-order valence-electron chi connectivity index (χ2n) is 4.14. The summed E-state index contributed by atoms with van der Waals surface area (Å²) in [4.78, 5) is 24.2. The van der Waals surface area contributed by atoms with Crippen LogP contribution in [0.1, 0.15) is 20.8 Å². The van der Waals surface area contributed by atoms with E-state index in [1.165, 1.54) is 0 Å². The Balaban J connectivity index is 2.79. The standard InChI is InChI=1S/C9H16N2O3/c1-6(12)5-11-7(13)4-10-9(2,3)8(11)14/h6,10,12H,4-5H2,1-3H3. The van der Waals surface area contributed by atoms with Gasteiger partial charge < -0.3 is 5.11 Å². The summed E-state index contributed by atoms with van der Waals surface area (Å²) in [6.07, 6.45) is -0.684. The lowest BCUT2D eigenvalue weighted by Gasteiger charge is -2.37. The first-order chi connectivity index (χ1) is 6.34. The molecule has 1 saturated heterocycles. The molecule has 0 aliphatic carbocycles. The number of hydrogen-bond donors (Lipinski definition) is 2. The molecule has 0 aromatic carbocycles. The van der Waals surface area contributed by atoms with E-state index in [4.69, 9.17) is 5.11 Å². The minimum absolute atomic E-state index is 0.0722. The van der Waals surface area contributed by atoms with Crippen LogP contribution in [0.4, 0.5) is 0 Å². The largest absolute Gasteiger partial charge is 0.392 e. The van der Waals surface area contributed by atoms with Crippen molar-refractivity contribution in [1.29, 1.82) is 0 Å². The summed E-state index contributed by atoms with van der Waals surface area (Å²) in [6, 6.07) is 0. The third-order valence-corrected chi connectivity index (χ3v) is 2.21. The third kappa shape index (κ3) is 2.10. The highest BCUT2D eigenvalue weighted by Gasteiger charge is 2.39. The van der Waals surface area contributed by atoms with Gasteiger partial charge in [0.25, 0.3) is 0 Å². The lowest BCUT2D eigenvalue weighted by atomic mass is 10.0. The quantitative estimate of drug-likeness (QED) is 0.567. The fourth-order valence-electron chi connectivity index (χ4n) is 1.37. The number of aliphatic hydroxyl groups excluding tert-OH is 1.